The van der Waals surface area contributed by atoms with Crippen molar-refractivity contribution < 1.29 is 4.79 Å². The molecule has 1 saturated carbocycles. The number of amides is 1. The van der Waals surface area contributed by atoms with Gasteiger partial charge < -0.3 is 10.6 Å². The molecule has 3 nitrogen and oxygen atoms in total. The van der Waals surface area contributed by atoms with E-state index in [2.05, 4.69) is 24.5 Å². The van der Waals surface area contributed by atoms with Crippen molar-refractivity contribution in [1.29, 1.82) is 0 Å². The molecule has 0 heterocycles. The maximum atomic E-state index is 11.7. The molecule has 0 aromatic rings. The fourth-order valence-electron chi connectivity index (χ4n) is 2.82. The zero-order chi connectivity index (χ0) is 13.4. The highest BCUT2D eigenvalue weighted by Gasteiger charge is 2.19. The Morgan fingerprint density at radius 3 is 2.78 bits per heavy atom. The van der Waals surface area contributed by atoms with Gasteiger partial charge in [0.15, 0.2) is 0 Å². The van der Waals surface area contributed by atoms with Crippen LogP contribution in [0.5, 0.6) is 0 Å². The lowest BCUT2D eigenvalue weighted by molar-refractivity contribution is -0.122. The van der Waals surface area contributed by atoms with E-state index < -0.39 is 0 Å². The second-order valence-corrected chi connectivity index (χ2v) is 5.89. The van der Waals surface area contributed by atoms with Crippen LogP contribution in [0.15, 0.2) is 0 Å². The average Bonchev–Trinajstić information content (AvgIpc) is 2.35. The van der Waals surface area contributed by atoms with Gasteiger partial charge in [-0.15, -0.1) is 0 Å². The van der Waals surface area contributed by atoms with Gasteiger partial charge in [-0.05, 0) is 44.6 Å². The summed E-state index contributed by atoms with van der Waals surface area (Å²) in [4.78, 5) is 11.7. The van der Waals surface area contributed by atoms with Crippen molar-refractivity contribution >= 4 is 5.91 Å². The van der Waals surface area contributed by atoms with Crippen molar-refractivity contribution in [2.75, 3.05) is 13.1 Å². The highest BCUT2D eigenvalue weighted by atomic mass is 16.2. The van der Waals surface area contributed by atoms with Gasteiger partial charge >= 0.3 is 0 Å². The monoisotopic (exact) mass is 254 g/mol. The highest BCUT2D eigenvalue weighted by Crippen LogP contribution is 2.30. The SMILES string of the molecule is CCCNC(=O)C(C)NCCC1CCCC(C)C1. The first-order chi connectivity index (χ1) is 8.63. The molecule has 0 aromatic heterocycles. The molecule has 3 atom stereocenters. The molecular formula is C15H30N2O. The third-order valence-electron chi connectivity index (χ3n) is 3.99. The molecule has 3 heteroatoms. The maximum absolute atomic E-state index is 11.7. The summed E-state index contributed by atoms with van der Waals surface area (Å²) in [6.07, 6.45) is 7.76. The molecule has 0 bridgehead atoms. The van der Waals surface area contributed by atoms with Gasteiger partial charge in [-0.2, -0.15) is 0 Å². The second kappa shape index (κ2) is 8.52. The van der Waals surface area contributed by atoms with E-state index in [0.29, 0.717) is 0 Å². The Labute approximate surface area is 112 Å². The molecule has 0 aromatic carbocycles. The minimum absolute atomic E-state index is 0.0578. The Morgan fingerprint density at radius 2 is 2.11 bits per heavy atom. The lowest BCUT2D eigenvalue weighted by atomic mass is 9.81. The molecule has 1 amide bonds. The van der Waals surface area contributed by atoms with Gasteiger partial charge in [-0.1, -0.05) is 33.1 Å². The van der Waals surface area contributed by atoms with Crippen molar-refractivity contribution in [1.82, 2.24) is 10.6 Å². The van der Waals surface area contributed by atoms with E-state index in [1.54, 1.807) is 0 Å². The third-order valence-corrected chi connectivity index (χ3v) is 3.99. The van der Waals surface area contributed by atoms with Crippen LogP contribution < -0.4 is 10.6 Å². The minimum Gasteiger partial charge on any atom is -0.355 e. The number of carbonyl (C=O) groups excluding carboxylic acids is 1. The van der Waals surface area contributed by atoms with Gasteiger partial charge in [0.2, 0.25) is 5.91 Å². The molecule has 0 radical (unpaired) electrons. The van der Waals surface area contributed by atoms with Gasteiger partial charge in [0.25, 0.3) is 0 Å². The first-order valence-electron chi connectivity index (χ1n) is 7.64. The predicted molar refractivity (Wildman–Crippen MR) is 76.5 cm³/mol. The Bertz CT molecular complexity index is 243. The minimum atomic E-state index is -0.0578. The zero-order valence-electron chi connectivity index (χ0n) is 12.3. The normalized spacial score (nSPS) is 25.7. The molecule has 2 N–H and O–H groups in total. The first kappa shape index (κ1) is 15.5. The van der Waals surface area contributed by atoms with Crippen LogP contribution in [-0.2, 0) is 4.79 Å². The van der Waals surface area contributed by atoms with Crippen LogP contribution in [0.4, 0.5) is 0 Å². The van der Waals surface area contributed by atoms with Gasteiger partial charge in [0, 0.05) is 6.54 Å². The summed E-state index contributed by atoms with van der Waals surface area (Å²) < 4.78 is 0. The molecule has 1 aliphatic rings. The molecule has 1 rings (SSSR count). The number of nitrogens with one attached hydrogen (secondary N) is 2. The second-order valence-electron chi connectivity index (χ2n) is 5.89. The van der Waals surface area contributed by atoms with Crippen molar-refractivity contribution in [3.63, 3.8) is 0 Å². The van der Waals surface area contributed by atoms with Gasteiger partial charge in [-0.25, -0.2) is 0 Å². The van der Waals surface area contributed by atoms with E-state index >= 15 is 0 Å². The molecule has 0 aliphatic heterocycles. The molecule has 18 heavy (non-hydrogen) atoms. The largest absolute Gasteiger partial charge is 0.355 e. The Balaban J connectivity index is 2.10. The first-order valence-corrected chi connectivity index (χ1v) is 7.64. The van der Waals surface area contributed by atoms with Crippen LogP contribution >= 0.6 is 0 Å². The fraction of sp³-hybridized carbons (Fsp3) is 0.933. The Hall–Kier alpha value is -0.570. The predicted octanol–water partition coefficient (Wildman–Crippen LogP) is 2.71. The van der Waals surface area contributed by atoms with E-state index in [9.17, 15) is 4.79 Å². The van der Waals surface area contributed by atoms with Crippen molar-refractivity contribution in [3.8, 4) is 0 Å². The summed E-state index contributed by atoms with van der Waals surface area (Å²) in [7, 11) is 0. The summed E-state index contributed by atoms with van der Waals surface area (Å²) in [5.41, 5.74) is 0. The summed E-state index contributed by atoms with van der Waals surface area (Å²) in [5, 5.41) is 6.27. The topological polar surface area (TPSA) is 41.1 Å². The molecule has 1 fully saturated rings. The lowest BCUT2D eigenvalue weighted by Crippen LogP contribution is -2.43. The van der Waals surface area contributed by atoms with E-state index in [4.69, 9.17) is 0 Å². The molecular weight excluding hydrogens is 224 g/mol. The number of hydrogen-bond acceptors (Lipinski definition) is 2. The standard InChI is InChI=1S/C15H30N2O/c1-4-9-17-15(18)13(3)16-10-8-14-7-5-6-12(2)11-14/h12-14,16H,4-11H2,1-3H3,(H,17,18). The van der Waals surface area contributed by atoms with Crippen LogP contribution in [0.1, 0.15) is 59.3 Å². The molecule has 0 saturated heterocycles. The third kappa shape index (κ3) is 5.85. The Kier molecular flexibility index (Phi) is 7.33. The van der Waals surface area contributed by atoms with Crippen LogP contribution in [-0.4, -0.2) is 25.0 Å². The van der Waals surface area contributed by atoms with Crippen molar-refractivity contribution in [3.05, 3.63) is 0 Å². The van der Waals surface area contributed by atoms with Crippen molar-refractivity contribution in [2.45, 2.75) is 65.3 Å². The smallest absolute Gasteiger partial charge is 0.236 e. The van der Waals surface area contributed by atoms with E-state index in [1.807, 2.05) is 6.92 Å². The number of carbonyl (C=O) groups is 1. The summed E-state index contributed by atoms with van der Waals surface area (Å²) in [6, 6.07) is -0.0578. The Morgan fingerprint density at radius 1 is 1.33 bits per heavy atom. The number of rotatable bonds is 7. The molecule has 0 spiro atoms. The highest BCUT2D eigenvalue weighted by molar-refractivity contribution is 5.81. The van der Waals surface area contributed by atoms with Crippen LogP contribution in [0.25, 0.3) is 0 Å². The average molecular weight is 254 g/mol. The van der Waals surface area contributed by atoms with Gasteiger partial charge in [0.05, 0.1) is 6.04 Å². The quantitative estimate of drug-likeness (QED) is 0.733. The van der Waals surface area contributed by atoms with Gasteiger partial charge in [-0.3, -0.25) is 4.79 Å². The van der Waals surface area contributed by atoms with Crippen LogP contribution in [0.2, 0.25) is 0 Å². The molecule has 3 unspecified atom stereocenters. The maximum Gasteiger partial charge on any atom is 0.236 e. The van der Waals surface area contributed by atoms with Crippen LogP contribution in [0, 0.1) is 11.8 Å². The molecule has 106 valence electrons. The fourth-order valence-corrected chi connectivity index (χ4v) is 2.82. The summed E-state index contributed by atoms with van der Waals surface area (Å²) in [5.74, 6) is 1.90. The summed E-state index contributed by atoms with van der Waals surface area (Å²) in [6.45, 7) is 8.14. The van der Waals surface area contributed by atoms with Crippen LogP contribution in [0.3, 0.4) is 0 Å². The van der Waals surface area contributed by atoms with E-state index in [1.165, 1.54) is 32.1 Å². The summed E-state index contributed by atoms with van der Waals surface area (Å²) >= 11 is 0. The van der Waals surface area contributed by atoms with E-state index in [-0.39, 0.29) is 11.9 Å². The van der Waals surface area contributed by atoms with Gasteiger partial charge in [0.1, 0.15) is 0 Å². The molecule has 1 aliphatic carbocycles. The van der Waals surface area contributed by atoms with Crippen molar-refractivity contribution in [2.24, 2.45) is 11.8 Å². The number of hydrogen-bond donors (Lipinski definition) is 2. The van der Waals surface area contributed by atoms with E-state index in [0.717, 1.165) is 31.3 Å². The lowest BCUT2D eigenvalue weighted by Gasteiger charge is -2.27. The zero-order valence-corrected chi connectivity index (χ0v) is 12.3.